The zero-order chi connectivity index (χ0) is 13.7. The van der Waals surface area contributed by atoms with E-state index in [0.29, 0.717) is 18.1 Å². The molecule has 2 rings (SSSR count). The molecule has 3 N–H and O–H groups in total. The topological polar surface area (TPSA) is 81.4 Å². The Kier molecular flexibility index (Phi) is 4.93. The molecule has 1 aliphatic carbocycles. The van der Waals surface area contributed by atoms with E-state index in [1.807, 2.05) is 0 Å². The van der Waals surface area contributed by atoms with E-state index in [1.54, 1.807) is 24.3 Å². The first-order chi connectivity index (χ1) is 9.13. The van der Waals surface area contributed by atoms with Crippen LogP contribution in [-0.4, -0.2) is 28.2 Å². The second-order valence-corrected chi connectivity index (χ2v) is 6.46. The molecule has 1 aromatic rings. The summed E-state index contributed by atoms with van der Waals surface area (Å²) in [6.07, 6.45) is 2.46. The maximum Gasteiger partial charge on any atom is 0.240 e. The van der Waals surface area contributed by atoms with Crippen LogP contribution in [0.2, 0.25) is 0 Å². The lowest BCUT2D eigenvalue weighted by Gasteiger charge is -2.10. The van der Waals surface area contributed by atoms with E-state index in [0.717, 1.165) is 6.61 Å². The van der Waals surface area contributed by atoms with E-state index in [9.17, 15) is 8.42 Å². The fourth-order valence-electron chi connectivity index (χ4n) is 1.80. The number of ether oxygens (including phenoxy) is 1. The van der Waals surface area contributed by atoms with Crippen LogP contribution in [-0.2, 0) is 21.3 Å². The predicted octanol–water partition coefficient (Wildman–Crippen LogP) is 0.850. The van der Waals surface area contributed by atoms with Gasteiger partial charge in [-0.05, 0) is 30.4 Å². The number of benzene rings is 1. The number of hydrogen-bond acceptors (Lipinski definition) is 4. The normalized spacial score (nSPS) is 15.6. The Morgan fingerprint density at radius 2 is 2.05 bits per heavy atom. The molecule has 1 aromatic carbocycles. The molecule has 0 amide bonds. The van der Waals surface area contributed by atoms with Gasteiger partial charge in [0.15, 0.2) is 0 Å². The zero-order valence-electron chi connectivity index (χ0n) is 10.8. The fraction of sp³-hybridized carbons (Fsp3) is 0.538. The Morgan fingerprint density at radius 3 is 2.74 bits per heavy atom. The second kappa shape index (κ2) is 6.47. The molecule has 1 saturated carbocycles. The first-order valence-corrected chi connectivity index (χ1v) is 7.97. The molecule has 0 saturated heterocycles. The van der Waals surface area contributed by atoms with Crippen LogP contribution in [0.1, 0.15) is 18.4 Å². The van der Waals surface area contributed by atoms with Gasteiger partial charge in [-0.1, -0.05) is 18.2 Å². The molecule has 1 fully saturated rings. The highest BCUT2D eigenvalue weighted by Crippen LogP contribution is 2.28. The first kappa shape index (κ1) is 14.5. The molecular weight excluding hydrogens is 264 g/mol. The average molecular weight is 284 g/mol. The maximum atomic E-state index is 12.1. The monoisotopic (exact) mass is 284 g/mol. The van der Waals surface area contributed by atoms with Crippen LogP contribution >= 0.6 is 0 Å². The van der Waals surface area contributed by atoms with Crippen LogP contribution in [0, 0.1) is 5.92 Å². The summed E-state index contributed by atoms with van der Waals surface area (Å²) in [5.74, 6) is 0.689. The SMILES string of the molecule is NCc1ccccc1S(=O)(=O)NCCOCC1CC1. The molecule has 0 heterocycles. The van der Waals surface area contributed by atoms with Crippen LogP contribution < -0.4 is 10.5 Å². The van der Waals surface area contributed by atoms with Gasteiger partial charge in [-0.25, -0.2) is 13.1 Å². The third-order valence-electron chi connectivity index (χ3n) is 3.07. The Hall–Kier alpha value is -0.950. The quantitative estimate of drug-likeness (QED) is 0.693. The Bertz CT molecular complexity index is 512. The molecule has 6 heteroatoms. The van der Waals surface area contributed by atoms with Crippen molar-refractivity contribution in [2.75, 3.05) is 19.8 Å². The maximum absolute atomic E-state index is 12.1. The van der Waals surface area contributed by atoms with Crippen molar-refractivity contribution >= 4 is 10.0 Å². The number of nitrogens with one attached hydrogen (secondary N) is 1. The van der Waals surface area contributed by atoms with Crippen molar-refractivity contribution in [1.82, 2.24) is 4.72 Å². The van der Waals surface area contributed by atoms with Crippen molar-refractivity contribution in [3.05, 3.63) is 29.8 Å². The molecule has 106 valence electrons. The van der Waals surface area contributed by atoms with Gasteiger partial charge in [-0.3, -0.25) is 0 Å². The molecule has 0 atom stereocenters. The van der Waals surface area contributed by atoms with Crippen LogP contribution in [0.25, 0.3) is 0 Å². The van der Waals surface area contributed by atoms with E-state index in [2.05, 4.69) is 4.72 Å². The fourth-order valence-corrected chi connectivity index (χ4v) is 3.06. The minimum Gasteiger partial charge on any atom is -0.380 e. The molecule has 5 nitrogen and oxygen atoms in total. The summed E-state index contributed by atoms with van der Waals surface area (Å²) in [6.45, 7) is 1.63. The minimum absolute atomic E-state index is 0.204. The Balaban J connectivity index is 1.86. The molecule has 0 aliphatic heterocycles. The minimum atomic E-state index is -3.50. The lowest BCUT2D eigenvalue weighted by Crippen LogP contribution is -2.28. The summed E-state index contributed by atoms with van der Waals surface area (Å²) in [4.78, 5) is 0.250. The standard InChI is InChI=1S/C13H20N2O3S/c14-9-12-3-1-2-4-13(12)19(16,17)15-7-8-18-10-11-5-6-11/h1-4,11,15H,5-10,14H2. The summed E-state index contributed by atoms with van der Waals surface area (Å²) in [5.41, 5.74) is 6.17. The van der Waals surface area contributed by atoms with Crippen molar-refractivity contribution in [2.45, 2.75) is 24.3 Å². The van der Waals surface area contributed by atoms with E-state index < -0.39 is 10.0 Å². The van der Waals surface area contributed by atoms with Crippen molar-refractivity contribution in [3.8, 4) is 0 Å². The Labute approximate surface area is 114 Å². The van der Waals surface area contributed by atoms with E-state index >= 15 is 0 Å². The molecule has 1 aliphatic rings. The lowest BCUT2D eigenvalue weighted by atomic mass is 10.2. The third kappa shape index (κ3) is 4.28. The van der Waals surface area contributed by atoms with Gasteiger partial charge in [0.1, 0.15) is 0 Å². The van der Waals surface area contributed by atoms with Gasteiger partial charge in [0.05, 0.1) is 11.5 Å². The van der Waals surface area contributed by atoms with Crippen molar-refractivity contribution in [3.63, 3.8) is 0 Å². The zero-order valence-corrected chi connectivity index (χ0v) is 11.7. The van der Waals surface area contributed by atoms with Crippen LogP contribution in [0.4, 0.5) is 0 Å². The highest BCUT2D eigenvalue weighted by molar-refractivity contribution is 7.89. The highest BCUT2D eigenvalue weighted by atomic mass is 32.2. The second-order valence-electron chi connectivity index (χ2n) is 4.73. The van der Waals surface area contributed by atoms with Crippen LogP contribution in [0.5, 0.6) is 0 Å². The summed E-state index contributed by atoms with van der Waals surface area (Å²) < 4.78 is 32.1. The molecule has 0 bridgehead atoms. The van der Waals surface area contributed by atoms with Gasteiger partial charge in [-0.15, -0.1) is 0 Å². The van der Waals surface area contributed by atoms with Crippen molar-refractivity contribution in [2.24, 2.45) is 11.7 Å². The van der Waals surface area contributed by atoms with Gasteiger partial charge < -0.3 is 10.5 Å². The van der Waals surface area contributed by atoms with E-state index in [1.165, 1.54) is 12.8 Å². The lowest BCUT2D eigenvalue weighted by molar-refractivity contribution is 0.129. The third-order valence-corrected chi connectivity index (χ3v) is 4.63. The van der Waals surface area contributed by atoms with Gasteiger partial charge in [0, 0.05) is 19.7 Å². The molecule has 0 aromatic heterocycles. The highest BCUT2D eigenvalue weighted by Gasteiger charge is 2.21. The molecule has 0 radical (unpaired) electrons. The Morgan fingerprint density at radius 1 is 1.32 bits per heavy atom. The molecule has 0 unspecified atom stereocenters. The number of rotatable bonds is 8. The van der Waals surface area contributed by atoms with Crippen LogP contribution in [0.3, 0.4) is 0 Å². The number of nitrogens with two attached hydrogens (primary N) is 1. The summed E-state index contributed by atoms with van der Waals surface area (Å²) in [7, 11) is -3.50. The van der Waals surface area contributed by atoms with E-state index in [4.69, 9.17) is 10.5 Å². The number of hydrogen-bond donors (Lipinski definition) is 2. The molecular formula is C13H20N2O3S. The van der Waals surface area contributed by atoms with Gasteiger partial charge in [-0.2, -0.15) is 0 Å². The van der Waals surface area contributed by atoms with E-state index in [-0.39, 0.29) is 18.0 Å². The molecule has 19 heavy (non-hydrogen) atoms. The average Bonchev–Trinajstić information content (AvgIpc) is 3.22. The summed E-state index contributed by atoms with van der Waals surface area (Å²) in [6, 6.07) is 6.75. The summed E-state index contributed by atoms with van der Waals surface area (Å²) >= 11 is 0. The summed E-state index contributed by atoms with van der Waals surface area (Å²) in [5, 5.41) is 0. The van der Waals surface area contributed by atoms with Gasteiger partial charge >= 0.3 is 0 Å². The van der Waals surface area contributed by atoms with Crippen LogP contribution in [0.15, 0.2) is 29.2 Å². The van der Waals surface area contributed by atoms with Gasteiger partial charge in [0.25, 0.3) is 0 Å². The van der Waals surface area contributed by atoms with Crippen molar-refractivity contribution < 1.29 is 13.2 Å². The largest absolute Gasteiger partial charge is 0.380 e. The smallest absolute Gasteiger partial charge is 0.240 e. The predicted molar refractivity (Wildman–Crippen MR) is 73.1 cm³/mol. The number of sulfonamides is 1. The first-order valence-electron chi connectivity index (χ1n) is 6.49. The van der Waals surface area contributed by atoms with Gasteiger partial charge in [0.2, 0.25) is 10.0 Å². The van der Waals surface area contributed by atoms with Crippen molar-refractivity contribution in [1.29, 1.82) is 0 Å². The molecule has 0 spiro atoms.